The van der Waals surface area contributed by atoms with Crippen LogP contribution in [-0.2, 0) is 76.3 Å². The number of carbonyl (C=O) groups excluding carboxylic acids is 2. The number of rotatable bonds is 15. The lowest BCUT2D eigenvalue weighted by molar-refractivity contribution is -0.382. The molecule has 0 radical (unpaired) electrons. The number of fused-ring (bicyclic) bond motifs is 4. The molecule has 0 unspecified atom stereocenters. The number of cyclic esters (lactones) is 1. The Morgan fingerprint density at radius 1 is 0.765 bits per heavy atom. The van der Waals surface area contributed by atoms with E-state index in [1.54, 1.807) is 0 Å². The Morgan fingerprint density at radius 2 is 1.42 bits per heavy atom. The van der Waals surface area contributed by atoms with Gasteiger partial charge in [-0.15, -0.1) is 0 Å². The van der Waals surface area contributed by atoms with E-state index < -0.39 is 187 Å². The van der Waals surface area contributed by atoms with Crippen molar-refractivity contribution in [1.29, 1.82) is 0 Å². The van der Waals surface area contributed by atoms with Crippen LogP contribution in [0, 0.1) is 39.4 Å². The first-order chi connectivity index (χ1) is 37.9. The smallest absolute Gasteiger partial charge is 0.397 e. The number of hydrogen-bond acceptors (Lipinski definition) is 24. The molecule has 81 heavy (non-hydrogen) atoms. The fourth-order valence-corrected chi connectivity index (χ4v) is 16.4. The molecule has 0 bridgehead atoms. The van der Waals surface area contributed by atoms with Crippen molar-refractivity contribution in [2.24, 2.45) is 39.4 Å². The summed E-state index contributed by atoms with van der Waals surface area (Å²) >= 11 is 0. The van der Waals surface area contributed by atoms with Gasteiger partial charge in [0.2, 0.25) is 0 Å². The van der Waals surface area contributed by atoms with Gasteiger partial charge in [0.25, 0.3) is 0 Å². The van der Waals surface area contributed by atoms with Gasteiger partial charge in [0.05, 0.1) is 43.4 Å². The normalized spacial score (nSPS) is 49.6. The molecule has 3 saturated carbocycles. The summed E-state index contributed by atoms with van der Waals surface area (Å²) < 4.78 is 104. The number of esters is 2. The predicted octanol–water partition coefficient (Wildman–Crippen LogP) is 0.396. The molecule has 0 aromatic heterocycles. The highest BCUT2D eigenvalue weighted by atomic mass is 32.3. The van der Waals surface area contributed by atoms with Crippen molar-refractivity contribution in [2.75, 3.05) is 26.9 Å². The van der Waals surface area contributed by atoms with E-state index in [2.05, 4.69) is 33.8 Å². The molecule has 1 spiro atoms. The number of methoxy groups -OCH3 is 1. The first-order valence-electron chi connectivity index (χ1n) is 28.0. The van der Waals surface area contributed by atoms with Crippen molar-refractivity contribution in [3.63, 3.8) is 0 Å². The maximum Gasteiger partial charge on any atom is 0.397 e. The largest absolute Gasteiger partial charge is 0.462 e. The minimum absolute atomic E-state index is 0.0241. The van der Waals surface area contributed by atoms with Crippen LogP contribution in [0.25, 0.3) is 0 Å². The van der Waals surface area contributed by atoms with Gasteiger partial charge in [-0.1, -0.05) is 57.1 Å². The van der Waals surface area contributed by atoms with Crippen molar-refractivity contribution in [1.82, 2.24) is 0 Å². The van der Waals surface area contributed by atoms with E-state index in [0.717, 1.165) is 11.1 Å². The van der Waals surface area contributed by atoms with Gasteiger partial charge in [-0.05, 0) is 95.0 Å². The second-order valence-electron chi connectivity index (χ2n) is 25.3. The highest BCUT2D eigenvalue weighted by Gasteiger charge is 2.79. The van der Waals surface area contributed by atoms with Crippen molar-refractivity contribution in [3.8, 4) is 0 Å². The number of hydrogen-bond donors (Lipinski definition) is 9. The molecule has 5 aliphatic heterocycles. The SMILES string of the molecule is CO[C@@H]1[C@@H](O)[C@H](O[C@@H]2[C@@H](O)[C@H](O[C@H]3[C@H](O)[C@@H](O)[C@H](O[C@H]4[C@H](O[C@H]5CC[C@]6(C)[C@H]7CC[C@]89C(=O)O[C@@](C)(/C=C/C=C(C)C)[C@H]8[C@@H](OC(C)=O)C[C@@]9(C)C7=CC[C@H]6C5(C)C)OC[C@@H](OS(=O)(=O)O)[C@@H]4O)O[C@@H]3C)OC[C@H]2O)O[C@H](CO)[C@H]1O. The maximum atomic E-state index is 14.6. The average molecular weight is 1180 g/mol. The summed E-state index contributed by atoms with van der Waals surface area (Å²) in [5.74, 6) is -1.15. The van der Waals surface area contributed by atoms with E-state index >= 15 is 0 Å². The lowest BCUT2D eigenvalue weighted by Crippen LogP contribution is -2.65. The van der Waals surface area contributed by atoms with Crippen LogP contribution < -0.4 is 0 Å². The van der Waals surface area contributed by atoms with Crippen LogP contribution in [0.3, 0.4) is 0 Å². The summed E-state index contributed by atoms with van der Waals surface area (Å²) in [5, 5.41) is 88.4. The number of aliphatic hydroxyl groups excluding tert-OH is 8. The Morgan fingerprint density at radius 3 is 2.07 bits per heavy atom. The van der Waals surface area contributed by atoms with Gasteiger partial charge >= 0.3 is 22.3 Å². The quantitative estimate of drug-likeness (QED) is 0.0464. The van der Waals surface area contributed by atoms with Gasteiger partial charge < -0.3 is 93.0 Å². The maximum absolute atomic E-state index is 14.6. The lowest BCUT2D eigenvalue weighted by atomic mass is 9.41. The zero-order chi connectivity index (χ0) is 59.3. The number of allylic oxidation sites excluding steroid dienone is 5. The third kappa shape index (κ3) is 11.1. The van der Waals surface area contributed by atoms with E-state index in [9.17, 15) is 63.4 Å². The predicted molar refractivity (Wildman–Crippen MR) is 276 cm³/mol. The Hall–Kier alpha value is -2.65. The van der Waals surface area contributed by atoms with Gasteiger partial charge in [0.1, 0.15) is 91.1 Å². The Balaban J connectivity index is 0.912. The standard InChI is InChI=1S/C55H84O25S/c1-24(2)12-11-17-54(9)45-30(73-26(4)57)20-53(8)28-13-14-33-51(5,6)34(16-18-52(33,7)27(28)15-19-55(45,53)50(65)79-54)75-49-44(36(60)32(23-71-49)80-81(66,67)68)78-47-38(62)37(61)41(25(3)72-47)76-46-39(63)42(29(58)22-70-46)77-48-40(64)43(69-10)35(59)31(21-56)74-48/h11-13,17,25,27,29-49,56,58-64H,14-16,18-23H2,1-10H3,(H,66,67,68)/b17-11+/t25-,27+,29-,30+,31-,32-,33+,34+,35-,36+,37-,38-,39-,40-,41-,42+,43+,44-,45-,46+,47+,48+,49+,52-,53+,54+,55-/m1/s1. The number of carbonyl (C=O) groups is 2. The van der Waals surface area contributed by atoms with Gasteiger partial charge in [-0.2, -0.15) is 8.42 Å². The molecule has 27 atom stereocenters. The van der Waals surface area contributed by atoms with E-state index in [1.165, 1.54) is 21.0 Å². The number of aliphatic hydroxyl groups is 8. The molecule has 460 valence electrons. The fourth-order valence-electron chi connectivity index (χ4n) is 15.9. The van der Waals surface area contributed by atoms with Crippen LogP contribution in [-0.4, -0.2) is 221 Å². The molecule has 5 heterocycles. The Labute approximate surface area is 471 Å². The van der Waals surface area contributed by atoms with Gasteiger partial charge in [0, 0.05) is 19.4 Å². The van der Waals surface area contributed by atoms with Gasteiger partial charge in [0.15, 0.2) is 25.2 Å². The molecule has 9 rings (SSSR count). The molecule has 5 saturated heterocycles. The molecular formula is C55H84O25S. The number of ether oxygens (including phenoxy) is 11. The first-order valence-corrected chi connectivity index (χ1v) is 29.4. The minimum Gasteiger partial charge on any atom is -0.462 e. The van der Waals surface area contributed by atoms with Crippen molar-refractivity contribution in [2.45, 2.75) is 229 Å². The molecule has 9 N–H and O–H groups in total. The zero-order valence-electron chi connectivity index (χ0n) is 47.4. The highest BCUT2D eigenvalue weighted by Crippen LogP contribution is 2.76. The second kappa shape index (κ2) is 23.2. The monoisotopic (exact) mass is 1180 g/mol. The summed E-state index contributed by atoms with van der Waals surface area (Å²) in [4.78, 5) is 27.4. The third-order valence-electron chi connectivity index (χ3n) is 19.8. The molecule has 0 aromatic carbocycles. The summed E-state index contributed by atoms with van der Waals surface area (Å²) in [5.41, 5.74) is -1.42. The first kappa shape index (κ1) is 62.9. The van der Waals surface area contributed by atoms with Crippen LogP contribution in [0.4, 0.5) is 0 Å². The summed E-state index contributed by atoms with van der Waals surface area (Å²) in [6.07, 6.45) is -18.9. The summed E-state index contributed by atoms with van der Waals surface area (Å²) in [6.45, 7) is 15.5. The molecule has 0 aromatic rings. The van der Waals surface area contributed by atoms with E-state index in [1.807, 2.05) is 39.0 Å². The van der Waals surface area contributed by atoms with Crippen LogP contribution in [0.15, 0.2) is 35.5 Å². The van der Waals surface area contributed by atoms with E-state index in [0.29, 0.717) is 38.5 Å². The van der Waals surface area contributed by atoms with E-state index in [4.69, 9.17) is 56.3 Å². The molecule has 4 aliphatic carbocycles. The van der Waals surface area contributed by atoms with Crippen LogP contribution in [0.1, 0.15) is 101 Å². The fraction of sp³-hybridized carbons (Fsp3) is 0.855. The van der Waals surface area contributed by atoms with E-state index in [-0.39, 0.29) is 23.2 Å². The summed E-state index contributed by atoms with van der Waals surface area (Å²) in [7, 11) is -3.95. The highest BCUT2D eigenvalue weighted by molar-refractivity contribution is 7.80. The molecular weight excluding hydrogens is 1090 g/mol. The second-order valence-corrected chi connectivity index (χ2v) is 26.3. The van der Waals surface area contributed by atoms with Crippen molar-refractivity contribution in [3.05, 3.63) is 35.5 Å². The molecule has 8 fully saturated rings. The van der Waals surface area contributed by atoms with Gasteiger partial charge in [-0.25, -0.2) is 4.18 Å². The van der Waals surface area contributed by atoms with Crippen LogP contribution >= 0.6 is 0 Å². The minimum atomic E-state index is -5.16. The Kier molecular flexibility index (Phi) is 18.0. The zero-order valence-corrected chi connectivity index (χ0v) is 48.2. The Bertz CT molecular complexity index is 2510. The molecule has 9 aliphatic rings. The summed E-state index contributed by atoms with van der Waals surface area (Å²) in [6, 6.07) is 0. The molecule has 25 nitrogen and oxygen atoms in total. The third-order valence-corrected chi connectivity index (χ3v) is 20.3. The van der Waals surface area contributed by atoms with Crippen molar-refractivity contribution < 1.29 is 120 Å². The van der Waals surface area contributed by atoms with Crippen LogP contribution in [0.5, 0.6) is 0 Å². The molecule has 0 amide bonds. The van der Waals surface area contributed by atoms with Crippen molar-refractivity contribution >= 4 is 22.3 Å². The molecule has 26 heteroatoms. The van der Waals surface area contributed by atoms with Gasteiger partial charge in [-0.3, -0.25) is 14.1 Å². The van der Waals surface area contributed by atoms with Crippen LogP contribution in [0.2, 0.25) is 0 Å². The topological polar surface area (TPSA) is 361 Å². The lowest BCUT2D eigenvalue weighted by Gasteiger charge is -2.63. The average Bonchev–Trinajstić information content (AvgIpc) is 1.74.